The summed E-state index contributed by atoms with van der Waals surface area (Å²) in [4.78, 5) is 20.9. The SMILES string of the molecule is COc1ccccc1CNc1nccc(C(=O)Nc2ccccc2C)n1. The summed E-state index contributed by atoms with van der Waals surface area (Å²) in [6.45, 7) is 2.43. The van der Waals surface area contributed by atoms with Crippen LogP contribution in [0.3, 0.4) is 0 Å². The Labute approximate surface area is 152 Å². The molecule has 1 heterocycles. The van der Waals surface area contributed by atoms with E-state index in [0.717, 1.165) is 22.6 Å². The largest absolute Gasteiger partial charge is 0.496 e. The molecule has 0 atom stereocenters. The van der Waals surface area contributed by atoms with Gasteiger partial charge in [0, 0.05) is 24.0 Å². The average Bonchev–Trinajstić information content (AvgIpc) is 2.68. The Bertz CT molecular complexity index is 912. The lowest BCUT2D eigenvalue weighted by molar-refractivity contribution is 0.102. The quantitative estimate of drug-likeness (QED) is 0.711. The number of hydrogen-bond acceptors (Lipinski definition) is 5. The molecule has 0 aliphatic carbocycles. The van der Waals surface area contributed by atoms with Gasteiger partial charge in [0.2, 0.25) is 5.95 Å². The fourth-order valence-electron chi connectivity index (χ4n) is 2.49. The molecule has 6 heteroatoms. The highest BCUT2D eigenvalue weighted by Crippen LogP contribution is 2.18. The van der Waals surface area contributed by atoms with E-state index in [0.29, 0.717) is 18.2 Å². The highest BCUT2D eigenvalue weighted by Gasteiger charge is 2.11. The predicted octanol–water partition coefficient (Wildman–Crippen LogP) is 3.66. The summed E-state index contributed by atoms with van der Waals surface area (Å²) in [5.74, 6) is 0.892. The Hall–Kier alpha value is -3.41. The van der Waals surface area contributed by atoms with Crippen LogP contribution in [0.25, 0.3) is 0 Å². The predicted molar refractivity (Wildman–Crippen MR) is 101 cm³/mol. The monoisotopic (exact) mass is 348 g/mol. The van der Waals surface area contributed by atoms with Crippen LogP contribution in [0.15, 0.2) is 60.8 Å². The fraction of sp³-hybridized carbons (Fsp3) is 0.150. The van der Waals surface area contributed by atoms with Gasteiger partial charge in [-0.15, -0.1) is 0 Å². The smallest absolute Gasteiger partial charge is 0.274 e. The molecule has 0 saturated heterocycles. The topological polar surface area (TPSA) is 76.1 Å². The van der Waals surface area contributed by atoms with Crippen molar-refractivity contribution in [3.63, 3.8) is 0 Å². The molecule has 0 aliphatic rings. The molecule has 2 N–H and O–H groups in total. The van der Waals surface area contributed by atoms with Crippen LogP contribution in [-0.4, -0.2) is 23.0 Å². The van der Waals surface area contributed by atoms with Crippen LogP contribution in [0.1, 0.15) is 21.6 Å². The van der Waals surface area contributed by atoms with E-state index in [1.165, 1.54) is 0 Å². The molecule has 6 nitrogen and oxygen atoms in total. The number of anilines is 2. The minimum Gasteiger partial charge on any atom is -0.496 e. The van der Waals surface area contributed by atoms with Gasteiger partial charge in [0.1, 0.15) is 11.4 Å². The number of carbonyl (C=O) groups is 1. The van der Waals surface area contributed by atoms with Crippen molar-refractivity contribution >= 4 is 17.5 Å². The molecule has 1 aromatic heterocycles. The molecule has 0 aliphatic heterocycles. The number of para-hydroxylation sites is 2. The van der Waals surface area contributed by atoms with Crippen LogP contribution in [-0.2, 0) is 6.54 Å². The first kappa shape index (κ1) is 17.4. The number of nitrogens with zero attached hydrogens (tertiary/aromatic N) is 2. The molecule has 0 bridgehead atoms. The molecule has 0 fully saturated rings. The third-order valence-electron chi connectivity index (χ3n) is 3.91. The number of aryl methyl sites for hydroxylation is 1. The average molecular weight is 348 g/mol. The zero-order valence-electron chi connectivity index (χ0n) is 14.7. The maximum Gasteiger partial charge on any atom is 0.274 e. The van der Waals surface area contributed by atoms with Gasteiger partial charge >= 0.3 is 0 Å². The van der Waals surface area contributed by atoms with Crippen molar-refractivity contribution in [3.05, 3.63) is 77.6 Å². The number of aromatic nitrogens is 2. The van der Waals surface area contributed by atoms with E-state index in [-0.39, 0.29) is 5.91 Å². The Morgan fingerprint density at radius 2 is 1.85 bits per heavy atom. The highest BCUT2D eigenvalue weighted by atomic mass is 16.5. The van der Waals surface area contributed by atoms with E-state index in [2.05, 4.69) is 20.6 Å². The van der Waals surface area contributed by atoms with Crippen molar-refractivity contribution < 1.29 is 9.53 Å². The van der Waals surface area contributed by atoms with E-state index >= 15 is 0 Å². The van der Waals surface area contributed by atoms with Crippen LogP contribution in [0.4, 0.5) is 11.6 Å². The first-order valence-corrected chi connectivity index (χ1v) is 8.23. The third kappa shape index (κ3) is 4.16. The lowest BCUT2D eigenvalue weighted by atomic mass is 10.2. The van der Waals surface area contributed by atoms with Crippen molar-refractivity contribution in [1.29, 1.82) is 0 Å². The van der Waals surface area contributed by atoms with Gasteiger partial charge in [0.15, 0.2) is 0 Å². The first-order valence-electron chi connectivity index (χ1n) is 8.23. The van der Waals surface area contributed by atoms with E-state index in [4.69, 9.17) is 4.74 Å². The zero-order valence-corrected chi connectivity index (χ0v) is 14.7. The van der Waals surface area contributed by atoms with Crippen molar-refractivity contribution in [2.24, 2.45) is 0 Å². The maximum absolute atomic E-state index is 12.4. The second kappa shape index (κ2) is 8.11. The Morgan fingerprint density at radius 1 is 1.08 bits per heavy atom. The van der Waals surface area contributed by atoms with Crippen molar-refractivity contribution in [1.82, 2.24) is 9.97 Å². The third-order valence-corrected chi connectivity index (χ3v) is 3.91. The van der Waals surface area contributed by atoms with Crippen LogP contribution >= 0.6 is 0 Å². The fourth-order valence-corrected chi connectivity index (χ4v) is 2.49. The first-order chi connectivity index (χ1) is 12.7. The van der Waals surface area contributed by atoms with Gasteiger partial charge in [-0.05, 0) is 30.7 Å². The molecule has 1 amide bonds. The summed E-state index contributed by atoms with van der Waals surface area (Å²) in [7, 11) is 1.63. The van der Waals surface area contributed by atoms with Gasteiger partial charge in [-0.1, -0.05) is 36.4 Å². The number of hydrogen-bond donors (Lipinski definition) is 2. The second-order valence-corrected chi connectivity index (χ2v) is 5.70. The summed E-state index contributed by atoms with van der Waals surface area (Å²) in [5.41, 5.74) is 3.03. The molecular weight excluding hydrogens is 328 g/mol. The zero-order chi connectivity index (χ0) is 18.4. The van der Waals surface area contributed by atoms with Gasteiger partial charge in [-0.2, -0.15) is 0 Å². The van der Waals surface area contributed by atoms with Crippen LogP contribution in [0.2, 0.25) is 0 Å². The molecule has 132 valence electrons. The number of methoxy groups -OCH3 is 1. The normalized spacial score (nSPS) is 10.2. The van der Waals surface area contributed by atoms with Crippen LogP contribution in [0, 0.1) is 6.92 Å². The Balaban J connectivity index is 1.70. The van der Waals surface area contributed by atoms with Crippen molar-refractivity contribution in [2.75, 3.05) is 17.7 Å². The standard InChI is InChI=1S/C20H20N4O2/c1-14-7-3-5-9-16(14)23-19(25)17-11-12-21-20(24-17)22-13-15-8-4-6-10-18(15)26-2/h3-12H,13H2,1-2H3,(H,23,25)(H,21,22,24). The molecule has 3 rings (SSSR count). The molecule has 0 radical (unpaired) electrons. The molecule has 0 spiro atoms. The summed E-state index contributed by atoms with van der Waals surface area (Å²) in [5, 5.41) is 5.99. The van der Waals surface area contributed by atoms with Gasteiger partial charge in [-0.3, -0.25) is 4.79 Å². The van der Waals surface area contributed by atoms with Crippen LogP contribution in [0.5, 0.6) is 5.75 Å². The number of rotatable bonds is 6. The van der Waals surface area contributed by atoms with Gasteiger partial charge in [-0.25, -0.2) is 9.97 Å². The van der Waals surface area contributed by atoms with E-state index in [1.54, 1.807) is 19.4 Å². The number of ether oxygens (including phenoxy) is 1. The summed E-state index contributed by atoms with van der Waals surface area (Å²) in [6.07, 6.45) is 1.56. The molecule has 3 aromatic rings. The van der Waals surface area contributed by atoms with E-state index in [9.17, 15) is 4.79 Å². The van der Waals surface area contributed by atoms with Gasteiger partial charge in [0.05, 0.1) is 7.11 Å². The van der Waals surface area contributed by atoms with Crippen molar-refractivity contribution in [2.45, 2.75) is 13.5 Å². The number of carbonyl (C=O) groups excluding carboxylic acids is 1. The molecule has 0 unspecified atom stereocenters. The lowest BCUT2D eigenvalue weighted by Gasteiger charge is -2.10. The molecule has 2 aromatic carbocycles. The number of amides is 1. The highest BCUT2D eigenvalue weighted by molar-refractivity contribution is 6.03. The maximum atomic E-state index is 12.4. The minimum absolute atomic E-state index is 0.276. The Morgan fingerprint density at radius 3 is 2.65 bits per heavy atom. The minimum atomic E-state index is -0.276. The van der Waals surface area contributed by atoms with E-state index < -0.39 is 0 Å². The van der Waals surface area contributed by atoms with E-state index in [1.807, 2.05) is 55.5 Å². The van der Waals surface area contributed by atoms with Gasteiger partial charge < -0.3 is 15.4 Å². The Kier molecular flexibility index (Phi) is 5.43. The summed E-state index contributed by atoms with van der Waals surface area (Å²) in [6, 6.07) is 16.9. The molecular formula is C20H20N4O2. The van der Waals surface area contributed by atoms with Crippen molar-refractivity contribution in [3.8, 4) is 5.75 Å². The number of benzene rings is 2. The summed E-state index contributed by atoms with van der Waals surface area (Å²) >= 11 is 0. The molecule has 26 heavy (non-hydrogen) atoms. The van der Waals surface area contributed by atoms with Crippen LogP contribution < -0.4 is 15.4 Å². The number of nitrogens with one attached hydrogen (secondary N) is 2. The lowest BCUT2D eigenvalue weighted by Crippen LogP contribution is -2.16. The summed E-state index contributed by atoms with van der Waals surface area (Å²) < 4.78 is 5.33. The van der Waals surface area contributed by atoms with Gasteiger partial charge in [0.25, 0.3) is 5.91 Å². The second-order valence-electron chi connectivity index (χ2n) is 5.70. The molecule has 0 saturated carbocycles.